The summed E-state index contributed by atoms with van der Waals surface area (Å²) < 4.78 is 4.71. The van der Waals surface area contributed by atoms with Gasteiger partial charge in [0.1, 0.15) is 0 Å². The summed E-state index contributed by atoms with van der Waals surface area (Å²) in [5, 5.41) is 0. The van der Waals surface area contributed by atoms with Crippen LogP contribution in [0, 0.1) is 11.8 Å². The van der Waals surface area contributed by atoms with Crippen LogP contribution in [-0.4, -0.2) is 19.1 Å². The molecule has 0 spiro atoms. The van der Waals surface area contributed by atoms with Crippen LogP contribution in [0.15, 0.2) is 0 Å². The molecule has 0 saturated heterocycles. The van der Waals surface area contributed by atoms with Gasteiger partial charge in [0.15, 0.2) is 0 Å². The normalized spacial score (nSPS) is 36.1. The van der Waals surface area contributed by atoms with E-state index < -0.39 is 0 Å². The highest BCUT2D eigenvalue weighted by molar-refractivity contribution is 5.72. The molecule has 0 bridgehead atoms. The molecular weight excluding hydrogens is 154 g/mol. The van der Waals surface area contributed by atoms with Crippen LogP contribution in [0.2, 0.25) is 0 Å². The number of methoxy groups -OCH3 is 1. The fourth-order valence-electron chi connectivity index (χ4n) is 1.83. The molecule has 0 aliphatic heterocycles. The molecule has 0 aromatic carbocycles. The molecule has 0 aromatic heterocycles. The number of carbonyl (C=O) groups excluding carboxylic acids is 1. The van der Waals surface area contributed by atoms with Gasteiger partial charge in [0, 0.05) is 6.04 Å². The van der Waals surface area contributed by atoms with Gasteiger partial charge in [-0.25, -0.2) is 0 Å². The first-order valence-corrected chi connectivity index (χ1v) is 4.48. The molecule has 1 aliphatic rings. The minimum Gasteiger partial charge on any atom is -0.469 e. The van der Waals surface area contributed by atoms with Gasteiger partial charge in [-0.1, -0.05) is 6.92 Å². The second-order valence-electron chi connectivity index (χ2n) is 3.68. The van der Waals surface area contributed by atoms with Crippen LogP contribution >= 0.6 is 0 Å². The fourth-order valence-corrected chi connectivity index (χ4v) is 1.83. The van der Waals surface area contributed by atoms with Crippen LogP contribution in [0.5, 0.6) is 0 Å². The van der Waals surface area contributed by atoms with Crippen LogP contribution in [0.4, 0.5) is 0 Å². The van der Waals surface area contributed by atoms with Crippen molar-refractivity contribution in [3.8, 4) is 0 Å². The van der Waals surface area contributed by atoms with Crippen LogP contribution in [-0.2, 0) is 9.53 Å². The van der Waals surface area contributed by atoms with Crippen molar-refractivity contribution in [3.63, 3.8) is 0 Å². The van der Waals surface area contributed by atoms with Crippen LogP contribution in [0.3, 0.4) is 0 Å². The zero-order valence-corrected chi connectivity index (χ0v) is 7.75. The third-order valence-electron chi connectivity index (χ3n) is 2.74. The second-order valence-corrected chi connectivity index (χ2v) is 3.68. The summed E-state index contributed by atoms with van der Waals surface area (Å²) in [6.45, 7) is 2.09. The smallest absolute Gasteiger partial charge is 0.308 e. The lowest BCUT2D eigenvalue weighted by Crippen LogP contribution is -2.36. The van der Waals surface area contributed by atoms with Crippen molar-refractivity contribution in [1.82, 2.24) is 0 Å². The molecule has 0 heterocycles. The average molecular weight is 171 g/mol. The van der Waals surface area contributed by atoms with Crippen molar-refractivity contribution < 1.29 is 9.53 Å². The van der Waals surface area contributed by atoms with Gasteiger partial charge in [0.25, 0.3) is 0 Å². The van der Waals surface area contributed by atoms with Crippen molar-refractivity contribution in [2.24, 2.45) is 17.6 Å². The van der Waals surface area contributed by atoms with E-state index in [4.69, 9.17) is 10.5 Å². The van der Waals surface area contributed by atoms with E-state index in [1.165, 1.54) is 7.11 Å². The van der Waals surface area contributed by atoms with E-state index in [1.54, 1.807) is 0 Å². The van der Waals surface area contributed by atoms with Crippen LogP contribution in [0.1, 0.15) is 26.2 Å². The molecule has 3 heteroatoms. The second kappa shape index (κ2) is 3.90. The van der Waals surface area contributed by atoms with Crippen molar-refractivity contribution in [2.75, 3.05) is 7.11 Å². The quantitative estimate of drug-likeness (QED) is 0.597. The lowest BCUT2D eigenvalue weighted by atomic mass is 9.78. The number of ether oxygens (including phenoxy) is 1. The minimum absolute atomic E-state index is 0.0266. The maximum Gasteiger partial charge on any atom is 0.308 e. The third kappa shape index (κ3) is 1.97. The highest BCUT2D eigenvalue weighted by atomic mass is 16.5. The Morgan fingerprint density at radius 2 is 2.17 bits per heavy atom. The van der Waals surface area contributed by atoms with Gasteiger partial charge in [0.2, 0.25) is 0 Å². The number of rotatable bonds is 1. The lowest BCUT2D eigenvalue weighted by molar-refractivity contribution is -0.148. The molecule has 3 atom stereocenters. The third-order valence-corrected chi connectivity index (χ3v) is 2.74. The molecular formula is C9H17NO2. The van der Waals surface area contributed by atoms with Crippen LogP contribution in [0.25, 0.3) is 0 Å². The Bertz CT molecular complexity index is 170. The summed E-state index contributed by atoms with van der Waals surface area (Å²) in [4.78, 5) is 11.2. The zero-order valence-electron chi connectivity index (χ0n) is 7.75. The standard InChI is InChI=1S/C9H17NO2/c1-6-3-4-7(10)5-8(6)9(11)12-2/h6-8H,3-5,10H2,1-2H3/t6-,7+,8+/m1/s1. The topological polar surface area (TPSA) is 52.3 Å². The monoisotopic (exact) mass is 171 g/mol. The molecule has 0 radical (unpaired) electrons. The van der Waals surface area contributed by atoms with Crippen molar-refractivity contribution >= 4 is 5.97 Å². The summed E-state index contributed by atoms with van der Waals surface area (Å²) in [6.07, 6.45) is 2.86. The summed E-state index contributed by atoms with van der Waals surface area (Å²) in [5.41, 5.74) is 5.77. The fraction of sp³-hybridized carbons (Fsp3) is 0.889. The van der Waals surface area contributed by atoms with E-state index in [-0.39, 0.29) is 17.9 Å². The van der Waals surface area contributed by atoms with Crippen LogP contribution < -0.4 is 5.73 Å². The Kier molecular flexibility index (Phi) is 3.09. The SMILES string of the molecule is COC(=O)[C@H]1C[C@@H](N)CC[C@H]1C. The Morgan fingerprint density at radius 3 is 2.75 bits per heavy atom. The zero-order chi connectivity index (χ0) is 9.14. The number of hydrogen-bond donors (Lipinski definition) is 1. The molecule has 1 aliphatic carbocycles. The van der Waals surface area contributed by atoms with E-state index >= 15 is 0 Å². The van der Waals surface area contributed by atoms with E-state index in [1.807, 2.05) is 0 Å². The van der Waals surface area contributed by atoms with Gasteiger partial charge in [-0.2, -0.15) is 0 Å². The summed E-state index contributed by atoms with van der Waals surface area (Å²) in [6, 6.07) is 0.185. The highest BCUT2D eigenvalue weighted by Gasteiger charge is 2.31. The number of carbonyl (C=O) groups is 1. The van der Waals surface area contributed by atoms with Gasteiger partial charge in [0.05, 0.1) is 13.0 Å². The molecule has 0 unspecified atom stereocenters. The minimum atomic E-state index is -0.0994. The van der Waals surface area contributed by atoms with E-state index in [0.717, 1.165) is 19.3 Å². The van der Waals surface area contributed by atoms with Gasteiger partial charge in [-0.15, -0.1) is 0 Å². The Labute approximate surface area is 73.3 Å². The van der Waals surface area contributed by atoms with Gasteiger partial charge >= 0.3 is 5.97 Å². The summed E-state index contributed by atoms with van der Waals surface area (Å²) in [7, 11) is 1.44. The number of nitrogens with two attached hydrogens (primary N) is 1. The average Bonchev–Trinajstić information content (AvgIpc) is 2.08. The molecule has 1 rings (SSSR count). The van der Waals surface area contributed by atoms with Gasteiger partial charge < -0.3 is 10.5 Å². The Balaban J connectivity index is 2.54. The summed E-state index contributed by atoms with van der Waals surface area (Å²) in [5.74, 6) is 0.355. The molecule has 0 aromatic rings. The highest BCUT2D eigenvalue weighted by Crippen LogP contribution is 2.29. The molecule has 3 nitrogen and oxygen atoms in total. The predicted molar refractivity (Wildman–Crippen MR) is 46.5 cm³/mol. The molecule has 0 amide bonds. The first kappa shape index (κ1) is 9.52. The van der Waals surface area contributed by atoms with Gasteiger partial charge in [-0.05, 0) is 25.2 Å². The first-order valence-electron chi connectivity index (χ1n) is 4.48. The molecule has 12 heavy (non-hydrogen) atoms. The van der Waals surface area contributed by atoms with Crippen molar-refractivity contribution in [1.29, 1.82) is 0 Å². The number of hydrogen-bond acceptors (Lipinski definition) is 3. The van der Waals surface area contributed by atoms with Gasteiger partial charge in [-0.3, -0.25) is 4.79 Å². The van der Waals surface area contributed by atoms with E-state index in [0.29, 0.717) is 5.92 Å². The largest absolute Gasteiger partial charge is 0.469 e. The molecule has 2 N–H and O–H groups in total. The summed E-state index contributed by atoms with van der Waals surface area (Å²) >= 11 is 0. The molecule has 1 saturated carbocycles. The maximum atomic E-state index is 11.2. The first-order chi connectivity index (χ1) is 5.65. The Morgan fingerprint density at radius 1 is 1.50 bits per heavy atom. The lowest BCUT2D eigenvalue weighted by Gasteiger charge is -2.30. The van der Waals surface area contributed by atoms with E-state index in [9.17, 15) is 4.79 Å². The maximum absolute atomic E-state index is 11.2. The van der Waals surface area contributed by atoms with E-state index in [2.05, 4.69) is 6.92 Å². The predicted octanol–water partition coefficient (Wildman–Crippen LogP) is 0.923. The number of esters is 1. The molecule has 1 fully saturated rings. The van der Waals surface area contributed by atoms with Crippen molar-refractivity contribution in [2.45, 2.75) is 32.2 Å². The van der Waals surface area contributed by atoms with Crippen molar-refractivity contribution in [3.05, 3.63) is 0 Å². The Hall–Kier alpha value is -0.570. The molecule has 70 valence electrons.